The molecule has 0 bridgehead atoms. The summed E-state index contributed by atoms with van der Waals surface area (Å²) in [5, 5.41) is 17.7. The fourth-order valence-corrected chi connectivity index (χ4v) is 4.86. The van der Waals surface area contributed by atoms with Crippen molar-refractivity contribution in [1.29, 1.82) is 0 Å². The Bertz CT molecular complexity index is 1580. The first-order valence-electron chi connectivity index (χ1n) is 11.2. The van der Waals surface area contributed by atoms with Crippen molar-refractivity contribution in [2.75, 3.05) is 5.32 Å². The van der Waals surface area contributed by atoms with Crippen LogP contribution in [-0.4, -0.2) is 31.5 Å². The van der Waals surface area contributed by atoms with Crippen LogP contribution in [0.2, 0.25) is 0 Å². The van der Waals surface area contributed by atoms with Gasteiger partial charge < -0.3 is 21.2 Å². The molecule has 0 spiro atoms. The molecule has 1 unspecified atom stereocenters. The monoisotopic (exact) mass is 546 g/mol. The Kier molecular flexibility index (Phi) is 6.93. The quantitative estimate of drug-likeness (QED) is 0.244. The standard InChI is InChI=1S/C24H21F3N6O4S/c1-11-4-6-14(7-5-11)15-9-16(24(25,26)27)29-23-18(15)19(20(38-23)21(28)34)30-22(35)12(2)10-32-13(3)8-17(31-32)33(36)37/h4-9,12H,10H2,1-3H3,(H2,28,34)(H,30,35). The minimum absolute atomic E-state index is 0.0270. The van der Waals surface area contributed by atoms with Crippen molar-refractivity contribution < 1.29 is 27.7 Å². The Labute approximate surface area is 217 Å². The number of hydrogen-bond acceptors (Lipinski definition) is 7. The van der Waals surface area contributed by atoms with Gasteiger partial charge in [0.2, 0.25) is 5.91 Å². The lowest BCUT2D eigenvalue weighted by atomic mass is 9.99. The normalized spacial score (nSPS) is 12.5. The van der Waals surface area contributed by atoms with Gasteiger partial charge in [-0.15, -0.1) is 11.3 Å². The molecule has 38 heavy (non-hydrogen) atoms. The molecule has 198 valence electrons. The average Bonchev–Trinajstić information content (AvgIpc) is 3.39. The van der Waals surface area contributed by atoms with Crippen LogP contribution in [-0.2, 0) is 17.5 Å². The molecule has 3 heterocycles. The van der Waals surface area contributed by atoms with Crippen LogP contribution < -0.4 is 11.1 Å². The van der Waals surface area contributed by atoms with E-state index in [-0.39, 0.29) is 38.7 Å². The summed E-state index contributed by atoms with van der Waals surface area (Å²) in [6.07, 6.45) is -4.76. The first kappa shape index (κ1) is 26.7. The molecular weight excluding hydrogens is 525 g/mol. The summed E-state index contributed by atoms with van der Waals surface area (Å²) < 4.78 is 42.3. The molecule has 10 nitrogen and oxygen atoms in total. The molecule has 4 aromatic rings. The molecule has 14 heteroatoms. The molecule has 0 aliphatic carbocycles. The van der Waals surface area contributed by atoms with E-state index in [1.807, 2.05) is 6.92 Å². The number of rotatable bonds is 7. The number of aryl methyl sites for hydroxylation is 2. The summed E-state index contributed by atoms with van der Waals surface area (Å²) in [5.41, 5.74) is 6.21. The maximum Gasteiger partial charge on any atom is 0.433 e. The molecule has 0 fully saturated rings. The van der Waals surface area contributed by atoms with Crippen molar-refractivity contribution in [3.63, 3.8) is 0 Å². The third-order valence-corrected chi connectivity index (χ3v) is 6.93. The number of fused-ring (bicyclic) bond motifs is 1. The summed E-state index contributed by atoms with van der Waals surface area (Å²) in [6, 6.07) is 8.85. The van der Waals surface area contributed by atoms with Crippen LogP contribution in [0.4, 0.5) is 24.7 Å². The van der Waals surface area contributed by atoms with Crippen LogP contribution in [0.5, 0.6) is 0 Å². The summed E-state index contributed by atoms with van der Waals surface area (Å²) in [7, 11) is 0. The number of nitrogens with two attached hydrogens (primary N) is 1. The van der Waals surface area contributed by atoms with E-state index in [4.69, 9.17) is 5.73 Å². The van der Waals surface area contributed by atoms with Gasteiger partial charge in [0.05, 0.1) is 35.0 Å². The second kappa shape index (κ2) is 9.85. The Morgan fingerprint density at radius 1 is 1.21 bits per heavy atom. The van der Waals surface area contributed by atoms with E-state index in [9.17, 15) is 32.9 Å². The highest BCUT2D eigenvalue weighted by Gasteiger charge is 2.35. The molecule has 2 amide bonds. The van der Waals surface area contributed by atoms with Crippen molar-refractivity contribution in [2.45, 2.75) is 33.5 Å². The fourth-order valence-electron chi connectivity index (χ4n) is 3.85. The maximum atomic E-state index is 13.7. The number of halogens is 3. The number of alkyl halides is 3. The second-order valence-electron chi connectivity index (χ2n) is 8.74. The predicted molar refractivity (Wildman–Crippen MR) is 135 cm³/mol. The minimum atomic E-state index is -4.76. The number of hydrogen-bond donors (Lipinski definition) is 2. The highest BCUT2D eigenvalue weighted by atomic mass is 32.1. The number of amides is 2. The highest BCUT2D eigenvalue weighted by molar-refractivity contribution is 7.21. The third-order valence-electron chi connectivity index (χ3n) is 5.84. The molecule has 3 aromatic heterocycles. The molecule has 0 saturated heterocycles. The van der Waals surface area contributed by atoms with Crippen LogP contribution in [0.3, 0.4) is 0 Å². The minimum Gasteiger partial charge on any atom is -0.365 e. The summed E-state index contributed by atoms with van der Waals surface area (Å²) in [5.74, 6) is -2.71. The number of nitrogens with one attached hydrogen (secondary N) is 1. The zero-order valence-electron chi connectivity index (χ0n) is 20.3. The van der Waals surface area contributed by atoms with Crippen molar-refractivity contribution in [3.05, 3.63) is 68.3 Å². The molecule has 0 aliphatic heterocycles. The number of aromatic nitrogens is 3. The molecule has 0 radical (unpaired) electrons. The lowest BCUT2D eigenvalue weighted by Crippen LogP contribution is -2.26. The predicted octanol–water partition coefficient (Wildman–Crippen LogP) is 5.08. The van der Waals surface area contributed by atoms with Crippen molar-refractivity contribution in [2.24, 2.45) is 11.7 Å². The van der Waals surface area contributed by atoms with Crippen molar-refractivity contribution >= 4 is 44.9 Å². The topological polar surface area (TPSA) is 146 Å². The van der Waals surface area contributed by atoms with E-state index >= 15 is 0 Å². The molecule has 3 N–H and O–H groups in total. The summed E-state index contributed by atoms with van der Waals surface area (Å²) in [4.78, 5) is 39.2. The number of nitrogens with zero attached hydrogens (tertiary/aromatic N) is 4. The Morgan fingerprint density at radius 2 is 1.87 bits per heavy atom. The zero-order valence-corrected chi connectivity index (χ0v) is 21.1. The van der Waals surface area contributed by atoms with Gasteiger partial charge in [0.1, 0.15) is 15.4 Å². The van der Waals surface area contributed by atoms with Gasteiger partial charge in [-0.1, -0.05) is 36.8 Å². The van der Waals surface area contributed by atoms with Crippen LogP contribution >= 0.6 is 11.3 Å². The lowest BCUT2D eigenvalue weighted by molar-refractivity contribution is -0.389. The van der Waals surface area contributed by atoms with Gasteiger partial charge in [-0.25, -0.2) is 4.98 Å². The van der Waals surface area contributed by atoms with Crippen LogP contribution in [0.25, 0.3) is 21.3 Å². The van der Waals surface area contributed by atoms with E-state index in [0.717, 1.165) is 11.6 Å². The molecular formula is C24H21F3N6O4S. The van der Waals surface area contributed by atoms with Gasteiger partial charge in [0, 0.05) is 5.39 Å². The number of thiophene rings is 1. The zero-order chi connectivity index (χ0) is 27.9. The number of nitro groups is 1. The lowest BCUT2D eigenvalue weighted by Gasteiger charge is -2.15. The number of anilines is 1. The maximum absolute atomic E-state index is 13.7. The smallest absolute Gasteiger partial charge is 0.365 e. The highest BCUT2D eigenvalue weighted by Crippen LogP contribution is 2.43. The van der Waals surface area contributed by atoms with Gasteiger partial charge in [-0.2, -0.15) is 17.9 Å². The van der Waals surface area contributed by atoms with E-state index in [1.54, 1.807) is 38.1 Å². The SMILES string of the molecule is Cc1ccc(-c2cc(C(F)(F)F)nc3sc(C(N)=O)c(NC(=O)C(C)Cn4nc([N+](=O)[O-])cc4C)c23)cc1. The molecule has 1 aromatic carbocycles. The van der Waals surface area contributed by atoms with Crippen LogP contribution in [0, 0.1) is 29.9 Å². The molecule has 0 saturated carbocycles. The second-order valence-corrected chi connectivity index (χ2v) is 9.74. The number of carbonyl (C=O) groups excluding carboxylic acids is 2. The van der Waals surface area contributed by atoms with Crippen molar-refractivity contribution in [1.82, 2.24) is 14.8 Å². The van der Waals surface area contributed by atoms with E-state index in [0.29, 0.717) is 22.6 Å². The van der Waals surface area contributed by atoms with Gasteiger partial charge in [0.25, 0.3) is 5.91 Å². The Balaban J connectivity index is 1.81. The number of carbonyl (C=O) groups is 2. The van der Waals surface area contributed by atoms with Gasteiger partial charge in [-0.3, -0.25) is 9.59 Å². The fraction of sp³-hybridized carbons (Fsp3) is 0.250. The summed E-state index contributed by atoms with van der Waals surface area (Å²) >= 11 is 0.648. The number of pyridine rings is 1. The number of primary amides is 1. The van der Waals surface area contributed by atoms with Crippen LogP contribution in [0.15, 0.2) is 36.4 Å². The first-order valence-corrected chi connectivity index (χ1v) is 12.0. The summed E-state index contributed by atoms with van der Waals surface area (Å²) in [6.45, 7) is 4.94. The third kappa shape index (κ3) is 5.20. The first-order chi connectivity index (χ1) is 17.8. The van der Waals surface area contributed by atoms with Crippen LogP contribution in [0.1, 0.15) is 33.5 Å². The molecule has 0 aliphatic rings. The Morgan fingerprint density at radius 3 is 2.42 bits per heavy atom. The molecule has 1 atom stereocenters. The van der Waals surface area contributed by atoms with Crippen molar-refractivity contribution in [3.8, 4) is 11.1 Å². The largest absolute Gasteiger partial charge is 0.433 e. The van der Waals surface area contributed by atoms with E-state index < -0.39 is 34.5 Å². The average molecular weight is 547 g/mol. The van der Waals surface area contributed by atoms with E-state index in [2.05, 4.69) is 15.4 Å². The molecule has 4 rings (SSSR count). The number of benzene rings is 1. The Hall–Kier alpha value is -4.33. The van der Waals surface area contributed by atoms with Gasteiger partial charge >= 0.3 is 12.0 Å². The van der Waals surface area contributed by atoms with E-state index in [1.165, 1.54) is 10.7 Å². The van der Waals surface area contributed by atoms with Gasteiger partial charge in [-0.05, 0) is 36.0 Å². The van der Waals surface area contributed by atoms with Gasteiger partial charge in [0.15, 0.2) is 0 Å².